The molecular formula is C42H35B2N3O3. The summed E-state index contributed by atoms with van der Waals surface area (Å²) in [7, 11) is 0. The van der Waals surface area contributed by atoms with E-state index in [1.54, 1.807) is 0 Å². The predicted molar refractivity (Wildman–Crippen MR) is 203 cm³/mol. The molecule has 10 rings (SSSR count). The third-order valence-electron chi connectivity index (χ3n) is 10.6. The molecule has 242 valence electrons. The van der Waals surface area contributed by atoms with E-state index in [9.17, 15) is 0 Å². The maximum atomic E-state index is 6.86. The van der Waals surface area contributed by atoms with Crippen molar-refractivity contribution in [2.45, 2.75) is 52.4 Å². The standard InChI is InChI=1S/C42H35B2N3O3/c1-41(2,3)24-20-29-35-32(21-24)48-30-18-12-10-16-27(30)43(35)37-39(47(29)26-14-8-7-9-15-26)46-40-38(45-37)44-28-17-11-13-19-31(28)49-33-22-25(42(4,5)6)23-34(50-40)36(33)44/h7-23H,1-6H3. The van der Waals surface area contributed by atoms with Crippen LogP contribution in [0.2, 0.25) is 0 Å². The zero-order valence-corrected chi connectivity index (χ0v) is 29.0. The van der Waals surface area contributed by atoms with E-state index in [2.05, 4.69) is 125 Å². The first kappa shape index (κ1) is 29.4. The number of ether oxygens (including phenoxy) is 3. The normalized spacial score (nSPS) is 14.6. The Bertz CT molecular complexity index is 2420. The molecule has 6 aromatic rings. The minimum absolute atomic E-state index is 0.112. The average molecular weight is 651 g/mol. The van der Waals surface area contributed by atoms with Crippen LogP contribution in [0, 0.1) is 0 Å². The van der Waals surface area contributed by atoms with Gasteiger partial charge in [0.1, 0.15) is 28.7 Å². The summed E-state index contributed by atoms with van der Waals surface area (Å²) < 4.78 is 20.2. The minimum Gasteiger partial charge on any atom is -0.458 e. The Morgan fingerprint density at radius 1 is 0.520 bits per heavy atom. The van der Waals surface area contributed by atoms with E-state index < -0.39 is 0 Å². The molecule has 50 heavy (non-hydrogen) atoms. The minimum atomic E-state index is -0.204. The van der Waals surface area contributed by atoms with Crippen molar-refractivity contribution in [2.75, 3.05) is 4.90 Å². The Morgan fingerprint density at radius 2 is 1.04 bits per heavy atom. The molecule has 0 saturated carbocycles. The predicted octanol–water partition coefficient (Wildman–Crippen LogP) is 6.20. The van der Waals surface area contributed by atoms with Crippen molar-refractivity contribution < 1.29 is 14.2 Å². The molecular weight excluding hydrogens is 616 g/mol. The molecule has 4 aliphatic rings. The van der Waals surface area contributed by atoms with Crippen molar-refractivity contribution in [1.29, 1.82) is 0 Å². The number of anilines is 3. The van der Waals surface area contributed by atoms with Gasteiger partial charge >= 0.3 is 0 Å². The van der Waals surface area contributed by atoms with E-state index in [4.69, 9.17) is 24.2 Å². The van der Waals surface area contributed by atoms with Crippen LogP contribution in [0.4, 0.5) is 17.2 Å². The lowest BCUT2D eigenvalue weighted by atomic mass is 9.34. The highest BCUT2D eigenvalue weighted by atomic mass is 16.5. The van der Waals surface area contributed by atoms with Gasteiger partial charge in [0.05, 0.1) is 11.2 Å². The van der Waals surface area contributed by atoms with E-state index in [1.165, 1.54) is 5.56 Å². The van der Waals surface area contributed by atoms with E-state index in [1.807, 2.05) is 24.3 Å². The van der Waals surface area contributed by atoms with E-state index in [0.29, 0.717) is 5.88 Å². The fourth-order valence-electron chi connectivity index (χ4n) is 7.95. The van der Waals surface area contributed by atoms with Gasteiger partial charge in [0.15, 0.2) is 5.82 Å². The molecule has 0 N–H and O–H groups in total. The molecule has 8 heteroatoms. The smallest absolute Gasteiger partial charge is 0.286 e. The fourth-order valence-corrected chi connectivity index (χ4v) is 7.95. The number of fused-ring (bicyclic) bond motifs is 8. The topological polar surface area (TPSA) is 56.7 Å². The maximum Gasteiger partial charge on any atom is 0.286 e. The molecule has 0 atom stereocenters. The van der Waals surface area contributed by atoms with Crippen molar-refractivity contribution in [3.8, 4) is 34.6 Å². The lowest BCUT2D eigenvalue weighted by molar-refractivity contribution is 0.447. The largest absolute Gasteiger partial charge is 0.458 e. The summed E-state index contributed by atoms with van der Waals surface area (Å²) in [5.74, 6) is 5.40. The van der Waals surface area contributed by atoms with E-state index in [0.717, 1.165) is 84.5 Å². The summed E-state index contributed by atoms with van der Waals surface area (Å²) in [6.07, 6.45) is 0. The van der Waals surface area contributed by atoms with Gasteiger partial charge in [-0.25, -0.2) is 0 Å². The van der Waals surface area contributed by atoms with E-state index in [-0.39, 0.29) is 24.3 Å². The highest BCUT2D eigenvalue weighted by Gasteiger charge is 2.48. The molecule has 0 amide bonds. The van der Waals surface area contributed by atoms with Gasteiger partial charge in [-0.3, -0.25) is 9.88 Å². The Labute approximate surface area is 293 Å². The number of benzene rings is 5. The number of hydrogen-bond donors (Lipinski definition) is 0. The first-order chi connectivity index (χ1) is 24.0. The highest BCUT2D eigenvalue weighted by Crippen LogP contribution is 2.44. The van der Waals surface area contributed by atoms with Crippen molar-refractivity contribution in [3.05, 3.63) is 114 Å². The van der Waals surface area contributed by atoms with Crippen LogP contribution in [-0.2, 0) is 10.8 Å². The summed E-state index contributed by atoms with van der Waals surface area (Å²) in [5, 5.41) is 0. The van der Waals surface area contributed by atoms with Crippen molar-refractivity contribution in [3.63, 3.8) is 0 Å². The van der Waals surface area contributed by atoms with E-state index >= 15 is 0 Å². The quantitative estimate of drug-likeness (QED) is 0.197. The number of hydrogen-bond acceptors (Lipinski definition) is 6. The molecule has 5 heterocycles. The van der Waals surface area contributed by atoms with Crippen LogP contribution in [0.3, 0.4) is 0 Å². The molecule has 5 aromatic carbocycles. The van der Waals surface area contributed by atoms with Crippen molar-refractivity contribution in [2.24, 2.45) is 0 Å². The first-order valence-electron chi connectivity index (χ1n) is 17.4. The highest BCUT2D eigenvalue weighted by molar-refractivity contribution is 7.00. The van der Waals surface area contributed by atoms with Crippen LogP contribution in [0.25, 0.3) is 0 Å². The SMILES string of the molecule is CC(C)(C)c1cc2c3c(c1)Oc1nc4c(nc1B3c1ccccc1O2)B1c2ccccc2Oc2cc(C(C)(C)C)cc(c21)N4c1ccccc1. The zero-order chi connectivity index (χ0) is 34.1. The number of nitrogens with zero attached hydrogens (tertiary/aromatic N) is 3. The zero-order valence-electron chi connectivity index (χ0n) is 29.0. The third kappa shape index (κ3) is 4.17. The second-order valence-corrected chi connectivity index (χ2v) is 15.8. The second-order valence-electron chi connectivity index (χ2n) is 15.8. The van der Waals surface area contributed by atoms with Crippen LogP contribution in [0.15, 0.2) is 103 Å². The van der Waals surface area contributed by atoms with Crippen LogP contribution >= 0.6 is 0 Å². The lowest BCUT2D eigenvalue weighted by Gasteiger charge is -2.41. The Kier molecular flexibility index (Phi) is 5.91. The Hall–Kier alpha value is -5.49. The molecule has 0 radical (unpaired) electrons. The molecule has 0 bridgehead atoms. The maximum absolute atomic E-state index is 6.86. The molecule has 0 saturated heterocycles. The number of rotatable bonds is 1. The number of para-hydroxylation sites is 3. The molecule has 6 nitrogen and oxygen atoms in total. The van der Waals surface area contributed by atoms with Gasteiger partial charge < -0.3 is 14.2 Å². The second kappa shape index (κ2) is 10.0. The first-order valence-corrected chi connectivity index (χ1v) is 17.4. The molecule has 0 spiro atoms. The molecule has 0 aliphatic carbocycles. The van der Waals surface area contributed by atoms with Gasteiger partial charge in [0.2, 0.25) is 5.88 Å². The molecule has 0 fully saturated rings. The molecule has 1 aromatic heterocycles. The summed E-state index contributed by atoms with van der Waals surface area (Å²) in [4.78, 5) is 13.4. The van der Waals surface area contributed by atoms with Gasteiger partial charge in [-0.05, 0) is 86.9 Å². The van der Waals surface area contributed by atoms with Crippen molar-refractivity contribution in [1.82, 2.24) is 9.97 Å². The van der Waals surface area contributed by atoms with Gasteiger partial charge in [-0.15, -0.1) is 0 Å². The van der Waals surface area contributed by atoms with Gasteiger partial charge in [-0.2, -0.15) is 4.98 Å². The monoisotopic (exact) mass is 651 g/mol. The molecule has 4 aliphatic heterocycles. The summed E-state index contributed by atoms with van der Waals surface area (Å²) in [5.41, 5.74) is 10.1. The summed E-state index contributed by atoms with van der Waals surface area (Å²) in [6, 6.07) is 35.9. The fraction of sp³-hybridized carbons (Fsp3) is 0.190. The van der Waals surface area contributed by atoms with Crippen molar-refractivity contribution >= 4 is 63.7 Å². The van der Waals surface area contributed by atoms with Gasteiger partial charge in [-0.1, -0.05) is 96.1 Å². The summed E-state index contributed by atoms with van der Waals surface area (Å²) in [6.45, 7) is 13.0. The van der Waals surface area contributed by atoms with Crippen LogP contribution < -0.4 is 52.1 Å². The van der Waals surface area contributed by atoms with Crippen LogP contribution in [-0.4, -0.2) is 23.4 Å². The molecule has 0 unspecified atom stereocenters. The van der Waals surface area contributed by atoms with Crippen LogP contribution in [0.5, 0.6) is 34.6 Å². The van der Waals surface area contributed by atoms with Crippen LogP contribution in [0.1, 0.15) is 52.7 Å². The average Bonchev–Trinajstić information content (AvgIpc) is 3.10. The lowest BCUT2D eigenvalue weighted by Crippen LogP contribution is -2.65. The Balaban J connectivity index is 1.29. The Morgan fingerprint density at radius 3 is 1.66 bits per heavy atom. The third-order valence-corrected chi connectivity index (χ3v) is 10.6. The van der Waals surface area contributed by atoms with Gasteiger partial charge in [0.25, 0.3) is 13.4 Å². The van der Waals surface area contributed by atoms with Gasteiger partial charge in [0, 0.05) is 16.8 Å². The number of aromatic nitrogens is 2. The summed E-state index contributed by atoms with van der Waals surface area (Å²) >= 11 is 0.